The number of thiazole rings is 1. The number of nitrogens with one attached hydrogen (secondary N) is 1. The van der Waals surface area contributed by atoms with Crippen LogP contribution in [-0.4, -0.2) is 28.1 Å². The molecule has 2 aromatic rings. The van der Waals surface area contributed by atoms with Crippen molar-refractivity contribution in [2.75, 3.05) is 17.6 Å². The van der Waals surface area contributed by atoms with Crippen LogP contribution in [0.1, 0.15) is 25.1 Å². The second kappa shape index (κ2) is 7.85. The van der Waals surface area contributed by atoms with Crippen LogP contribution in [0.25, 0.3) is 6.08 Å². The molecule has 1 fully saturated rings. The van der Waals surface area contributed by atoms with Gasteiger partial charge in [-0.1, -0.05) is 44.2 Å². The number of aromatic nitrogens is 1. The van der Waals surface area contributed by atoms with E-state index in [0.717, 1.165) is 34.7 Å². The van der Waals surface area contributed by atoms with Crippen LogP contribution in [0.5, 0.6) is 0 Å². The zero-order chi connectivity index (χ0) is 16.9. The van der Waals surface area contributed by atoms with E-state index in [-0.39, 0.29) is 11.8 Å². The van der Waals surface area contributed by atoms with Crippen molar-refractivity contribution in [3.63, 3.8) is 0 Å². The summed E-state index contributed by atoms with van der Waals surface area (Å²) >= 11 is 3.31. The van der Waals surface area contributed by atoms with Crippen molar-refractivity contribution in [3.05, 3.63) is 52.0 Å². The Hall–Kier alpha value is -1.79. The van der Waals surface area contributed by atoms with E-state index in [1.807, 2.05) is 48.4 Å². The zero-order valence-electron chi connectivity index (χ0n) is 13.9. The molecule has 2 heterocycles. The first-order chi connectivity index (χ1) is 11.6. The van der Waals surface area contributed by atoms with Crippen LogP contribution in [0.4, 0.5) is 5.13 Å². The third-order valence-corrected chi connectivity index (χ3v) is 5.51. The molecule has 0 saturated carbocycles. The van der Waals surface area contributed by atoms with Gasteiger partial charge in [0.15, 0.2) is 5.13 Å². The first-order valence-corrected chi connectivity index (χ1v) is 9.89. The van der Waals surface area contributed by atoms with E-state index in [0.29, 0.717) is 0 Å². The number of carbonyl (C=O) groups excluding carboxylic acids is 1. The molecular weight excluding hydrogens is 338 g/mol. The lowest BCUT2D eigenvalue weighted by Crippen LogP contribution is -2.30. The van der Waals surface area contributed by atoms with Gasteiger partial charge in [0.2, 0.25) is 5.91 Å². The normalized spacial score (nSPS) is 16.1. The maximum Gasteiger partial charge on any atom is 0.229 e. The molecule has 126 valence electrons. The minimum absolute atomic E-state index is 0.0191. The topological polar surface area (TPSA) is 45.2 Å². The van der Waals surface area contributed by atoms with Gasteiger partial charge in [-0.2, -0.15) is 0 Å². The van der Waals surface area contributed by atoms with Crippen molar-refractivity contribution in [2.24, 2.45) is 5.92 Å². The Morgan fingerprint density at radius 3 is 2.92 bits per heavy atom. The molecule has 1 aromatic heterocycles. The summed E-state index contributed by atoms with van der Waals surface area (Å²) in [5.41, 5.74) is 2.13. The molecule has 1 aliphatic rings. The lowest BCUT2D eigenvalue weighted by molar-refractivity contribution is -0.131. The smallest absolute Gasteiger partial charge is 0.229 e. The van der Waals surface area contributed by atoms with Crippen molar-refractivity contribution < 1.29 is 4.79 Å². The summed E-state index contributed by atoms with van der Waals surface area (Å²) in [6.07, 6.45) is 2.02. The van der Waals surface area contributed by atoms with E-state index < -0.39 is 0 Å². The van der Waals surface area contributed by atoms with Crippen LogP contribution >= 0.6 is 23.1 Å². The number of amides is 1. The molecule has 1 amide bonds. The van der Waals surface area contributed by atoms with Crippen LogP contribution in [0.3, 0.4) is 0 Å². The summed E-state index contributed by atoms with van der Waals surface area (Å²) in [7, 11) is 0. The molecule has 0 bridgehead atoms. The van der Waals surface area contributed by atoms with Gasteiger partial charge >= 0.3 is 0 Å². The maximum absolute atomic E-state index is 12.3. The fourth-order valence-corrected chi connectivity index (χ4v) is 4.10. The fourth-order valence-electron chi connectivity index (χ4n) is 2.41. The summed E-state index contributed by atoms with van der Waals surface area (Å²) in [6, 6.07) is 10.3. The minimum atomic E-state index is 0.0191. The predicted octanol–water partition coefficient (Wildman–Crippen LogP) is 4.29. The highest BCUT2D eigenvalue weighted by atomic mass is 32.2. The van der Waals surface area contributed by atoms with E-state index in [1.54, 1.807) is 23.1 Å². The highest BCUT2D eigenvalue weighted by Crippen LogP contribution is 2.31. The summed E-state index contributed by atoms with van der Waals surface area (Å²) in [5.74, 6) is 1.16. The molecule has 0 spiro atoms. The number of hydrogen-bond donors (Lipinski definition) is 1. The largest absolute Gasteiger partial charge is 0.357 e. The van der Waals surface area contributed by atoms with E-state index in [2.05, 4.69) is 22.4 Å². The van der Waals surface area contributed by atoms with Gasteiger partial charge in [-0.05, 0) is 11.6 Å². The van der Waals surface area contributed by atoms with Crippen LogP contribution in [0, 0.1) is 5.92 Å². The standard InChI is InChI=1S/C18H21N3OS2/c1-13(2)17(22)21-8-9-23-16(21)10-15-12-24-18(20-15)19-11-14-6-4-3-5-7-14/h3-7,10,12-13H,8-9,11H2,1-2H3,(H,19,20)/b16-10+. The molecule has 24 heavy (non-hydrogen) atoms. The fraction of sp³-hybridized carbons (Fsp3) is 0.333. The van der Waals surface area contributed by atoms with Gasteiger partial charge in [0.05, 0.1) is 10.7 Å². The van der Waals surface area contributed by atoms with Crippen molar-refractivity contribution >= 4 is 40.2 Å². The summed E-state index contributed by atoms with van der Waals surface area (Å²) in [5, 5.41) is 7.28. The van der Waals surface area contributed by atoms with Gasteiger partial charge < -0.3 is 10.2 Å². The molecule has 0 atom stereocenters. The number of anilines is 1. The Bertz CT molecular complexity index is 725. The Balaban J connectivity index is 1.65. The lowest BCUT2D eigenvalue weighted by Gasteiger charge is -2.18. The molecule has 4 nitrogen and oxygen atoms in total. The number of thioether (sulfide) groups is 1. The summed E-state index contributed by atoms with van der Waals surface area (Å²) in [6.45, 7) is 5.43. The Morgan fingerprint density at radius 1 is 1.38 bits per heavy atom. The SMILES string of the molecule is CC(C)C(=O)N1CCS/C1=C/c1csc(NCc2ccccc2)n1. The molecule has 1 saturated heterocycles. The van der Waals surface area contributed by atoms with Crippen molar-refractivity contribution in [3.8, 4) is 0 Å². The van der Waals surface area contributed by atoms with E-state index >= 15 is 0 Å². The van der Waals surface area contributed by atoms with Gasteiger partial charge in [0, 0.05) is 30.1 Å². The van der Waals surface area contributed by atoms with Gasteiger partial charge in [-0.15, -0.1) is 23.1 Å². The lowest BCUT2D eigenvalue weighted by atomic mass is 10.2. The van der Waals surface area contributed by atoms with E-state index in [9.17, 15) is 4.79 Å². The number of rotatable bonds is 5. The molecule has 3 rings (SSSR count). The molecule has 0 radical (unpaired) electrons. The number of hydrogen-bond acceptors (Lipinski definition) is 5. The van der Waals surface area contributed by atoms with Crippen molar-refractivity contribution in [1.82, 2.24) is 9.88 Å². The Kier molecular flexibility index (Phi) is 5.58. The Labute approximate surface area is 151 Å². The first kappa shape index (κ1) is 17.0. The first-order valence-electron chi connectivity index (χ1n) is 8.02. The molecule has 6 heteroatoms. The molecule has 1 aromatic carbocycles. The molecule has 1 N–H and O–H groups in total. The van der Waals surface area contributed by atoms with Gasteiger partial charge in [-0.25, -0.2) is 4.98 Å². The van der Waals surface area contributed by atoms with Crippen LogP contribution in [0.2, 0.25) is 0 Å². The van der Waals surface area contributed by atoms with E-state index in [4.69, 9.17) is 0 Å². The average molecular weight is 360 g/mol. The number of carbonyl (C=O) groups is 1. The zero-order valence-corrected chi connectivity index (χ0v) is 15.5. The number of benzene rings is 1. The Morgan fingerprint density at radius 2 is 2.17 bits per heavy atom. The number of nitrogens with zero attached hydrogens (tertiary/aromatic N) is 2. The summed E-state index contributed by atoms with van der Waals surface area (Å²) < 4.78 is 0. The highest BCUT2D eigenvalue weighted by molar-refractivity contribution is 8.03. The van der Waals surface area contributed by atoms with Crippen molar-refractivity contribution in [1.29, 1.82) is 0 Å². The van der Waals surface area contributed by atoms with Crippen LogP contribution < -0.4 is 5.32 Å². The van der Waals surface area contributed by atoms with E-state index in [1.165, 1.54) is 5.56 Å². The second-order valence-electron chi connectivity index (χ2n) is 5.89. The third-order valence-electron chi connectivity index (χ3n) is 3.67. The molecule has 0 unspecified atom stereocenters. The summed E-state index contributed by atoms with van der Waals surface area (Å²) in [4.78, 5) is 18.7. The quantitative estimate of drug-likeness (QED) is 0.865. The minimum Gasteiger partial charge on any atom is -0.357 e. The van der Waals surface area contributed by atoms with Crippen LogP contribution in [0.15, 0.2) is 40.7 Å². The van der Waals surface area contributed by atoms with Crippen LogP contribution in [-0.2, 0) is 11.3 Å². The van der Waals surface area contributed by atoms with Gasteiger partial charge in [-0.3, -0.25) is 4.79 Å². The molecular formula is C18H21N3OS2. The molecule has 0 aliphatic carbocycles. The van der Waals surface area contributed by atoms with Gasteiger partial charge in [0.25, 0.3) is 0 Å². The highest BCUT2D eigenvalue weighted by Gasteiger charge is 2.26. The maximum atomic E-state index is 12.3. The average Bonchev–Trinajstić information content (AvgIpc) is 3.23. The van der Waals surface area contributed by atoms with Gasteiger partial charge in [0.1, 0.15) is 0 Å². The molecule has 1 aliphatic heterocycles. The second-order valence-corrected chi connectivity index (χ2v) is 7.87. The predicted molar refractivity (Wildman–Crippen MR) is 103 cm³/mol. The monoisotopic (exact) mass is 359 g/mol. The third kappa shape index (κ3) is 4.19. The van der Waals surface area contributed by atoms with Crippen molar-refractivity contribution in [2.45, 2.75) is 20.4 Å².